The smallest absolute Gasteiger partial charge is 0.0593 e. The van der Waals surface area contributed by atoms with Crippen LogP contribution in [0.25, 0.3) is 0 Å². The van der Waals surface area contributed by atoms with E-state index in [1.165, 1.54) is 0 Å². The Morgan fingerprint density at radius 2 is 1.75 bits per heavy atom. The second-order valence-corrected chi connectivity index (χ2v) is 3.28. The largest absolute Gasteiger partial charge is 0.393 e. The summed E-state index contributed by atoms with van der Waals surface area (Å²) in [5.41, 5.74) is 0. The summed E-state index contributed by atoms with van der Waals surface area (Å²) in [5, 5.41) is 19.1. The molecule has 0 rings (SSSR count). The van der Waals surface area contributed by atoms with Gasteiger partial charge in [0.1, 0.15) is 0 Å². The van der Waals surface area contributed by atoms with E-state index in [9.17, 15) is 10.2 Å². The van der Waals surface area contributed by atoms with Crippen molar-refractivity contribution in [3.8, 4) is 0 Å². The van der Waals surface area contributed by atoms with Gasteiger partial charge in [-0.1, -0.05) is 27.2 Å². The maximum atomic E-state index is 9.56. The second kappa shape index (κ2) is 6.44. The molecule has 0 aliphatic rings. The molecule has 0 heterocycles. The zero-order chi connectivity index (χ0) is 9.56. The summed E-state index contributed by atoms with van der Waals surface area (Å²) >= 11 is 0. The summed E-state index contributed by atoms with van der Waals surface area (Å²) in [4.78, 5) is 0. The minimum absolute atomic E-state index is 0.0116. The predicted molar refractivity (Wildman–Crippen MR) is 50.7 cm³/mol. The molecule has 0 amide bonds. The van der Waals surface area contributed by atoms with Gasteiger partial charge < -0.3 is 10.2 Å². The lowest BCUT2D eigenvalue weighted by atomic mass is 9.89. The van der Waals surface area contributed by atoms with Crippen molar-refractivity contribution in [2.24, 2.45) is 5.92 Å². The Kier molecular flexibility index (Phi) is 6.39. The Bertz CT molecular complexity index is 94.0. The fraction of sp³-hybridized carbons (Fsp3) is 0.900. The molecule has 0 bridgehead atoms. The van der Waals surface area contributed by atoms with E-state index in [0.29, 0.717) is 12.8 Å². The Morgan fingerprint density at radius 1 is 1.17 bits per heavy atom. The SMILES string of the molecule is [CH2]CC(O)C(CCC)C(O)CC. The first kappa shape index (κ1) is 11.9. The van der Waals surface area contributed by atoms with E-state index < -0.39 is 6.10 Å². The molecule has 0 aliphatic heterocycles. The zero-order valence-electron chi connectivity index (χ0n) is 8.16. The Morgan fingerprint density at radius 3 is 2.08 bits per heavy atom. The molecular weight excluding hydrogens is 152 g/mol. The Balaban J connectivity index is 4.01. The average molecular weight is 173 g/mol. The molecule has 0 saturated heterocycles. The fourth-order valence-corrected chi connectivity index (χ4v) is 1.49. The van der Waals surface area contributed by atoms with E-state index in [1.807, 2.05) is 6.92 Å². The minimum Gasteiger partial charge on any atom is -0.393 e. The quantitative estimate of drug-likeness (QED) is 0.642. The van der Waals surface area contributed by atoms with Crippen LogP contribution in [0.2, 0.25) is 0 Å². The number of hydrogen-bond acceptors (Lipinski definition) is 2. The third-order valence-electron chi connectivity index (χ3n) is 2.32. The van der Waals surface area contributed by atoms with E-state index in [0.717, 1.165) is 12.8 Å². The predicted octanol–water partition coefficient (Wildman–Crippen LogP) is 1.76. The number of rotatable bonds is 6. The van der Waals surface area contributed by atoms with Crippen LogP contribution in [0.15, 0.2) is 0 Å². The lowest BCUT2D eigenvalue weighted by Gasteiger charge is -2.25. The van der Waals surface area contributed by atoms with Crippen LogP contribution in [-0.4, -0.2) is 22.4 Å². The normalized spacial score (nSPS) is 18.8. The summed E-state index contributed by atoms with van der Waals surface area (Å²) < 4.78 is 0. The van der Waals surface area contributed by atoms with Crippen molar-refractivity contribution < 1.29 is 10.2 Å². The van der Waals surface area contributed by atoms with Gasteiger partial charge in [0.2, 0.25) is 0 Å². The molecule has 3 unspecified atom stereocenters. The van der Waals surface area contributed by atoms with Crippen molar-refractivity contribution >= 4 is 0 Å². The van der Waals surface area contributed by atoms with Gasteiger partial charge in [0.25, 0.3) is 0 Å². The van der Waals surface area contributed by atoms with E-state index in [1.54, 1.807) is 0 Å². The van der Waals surface area contributed by atoms with Crippen LogP contribution < -0.4 is 0 Å². The summed E-state index contributed by atoms with van der Waals surface area (Å²) in [7, 11) is 0. The highest BCUT2D eigenvalue weighted by Gasteiger charge is 2.23. The standard InChI is InChI=1S/C10H21O2/c1-4-7-8(9(11)5-2)10(12)6-3/h8-12H,2,4-7H2,1,3H3. The number of aliphatic hydroxyl groups excluding tert-OH is 2. The van der Waals surface area contributed by atoms with E-state index in [2.05, 4.69) is 13.8 Å². The third kappa shape index (κ3) is 3.55. The second-order valence-electron chi connectivity index (χ2n) is 3.28. The summed E-state index contributed by atoms with van der Waals surface area (Å²) in [6, 6.07) is 0. The van der Waals surface area contributed by atoms with Crippen LogP contribution in [-0.2, 0) is 0 Å². The number of hydrogen-bond donors (Lipinski definition) is 2. The first-order valence-corrected chi connectivity index (χ1v) is 4.82. The van der Waals surface area contributed by atoms with Gasteiger partial charge in [-0.2, -0.15) is 0 Å². The van der Waals surface area contributed by atoms with Crippen LogP contribution in [0.1, 0.15) is 39.5 Å². The van der Waals surface area contributed by atoms with Crippen LogP contribution in [0, 0.1) is 12.8 Å². The van der Waals surface area contributed by atoms with Gasteiger partial charge in [-0.05, 0) is 19.3 Å². The summed E-state index contributed by atoms with van der Waals surface area (Å²) in [6.07, 6.45) is 2.26. The van der Waals surface area contributed by atoms with Gasteiger partial charge in [-0.15, -0.1) is 0 Å². The van der Waals surface area contributed by atoms with Crippen LogP contribution in [0.5, 0.6) is 0 Å². The molecule has 2 N–H and O–H groups in total. The third-order valence-corrected chi connectivity index (χ3v) is 2.32. The fourth-order valence-electron chi connectivity index (χ4n) is 1.49. The maximum Gasteiger partial charge on any atom is 0.0593 e. The molecule has 0 fully saturated rings. The molecule has 3 atom stereocenters. The van der Waals surface area contributed by atoms with Gasteiger partial charge >= 0.3 is 0 Å². The lowest BCUT2D eigenvalue weighted by Crippen LogP contribution is -2.30. The molecule has 0 spiro atoms. The lowest BCUT2D eigenvalue weighted by molar-refractivity contribution is 0.00722. The average Bonchev–Trinajstić information content (AvgIpc) is 2.11. The topological polar surface area (TPSA) is 40.5 Å². The van der Waals surface area contributed by atoms with Gasteiger partial charge in [0, 0.05) is 5.92 Å². The van der Waals surface area contributed by atoms with Gasteiger partial charge in [-0.3, -0.25) is 0 Å². The van der Waals surface area contributed by atoms with Crippen molar-refractivity contribution in [2.75, 3.05) is 0 Å². The van der Waals surface area contributed by atoms with Crippen molar-refractivity contribution in [2.45, 2.75) is 51.7 Å². The van der Waals surface area contributed by atoms with Crippen LogP contribution in [0.3, 0.4) is 0 Å². The molecule has 0 aromatic carbocycles. The van der Waals surface area contributed by atoms with Crippen molar-refractivity contribution in [1.29, 1.82) is 0 Å². The zero-order valence-corrected chi connectivity index (χ0v) is 8.16. The summed E-state index contributed by atoms with van der Waals surface area (Å²) in [6.45, 7) is 7.64. The Hall–Kier alpha value is -0.0800. The van der Waals surface area contributed by atoms with Crippen molar-refractivity contribution in [3.63, 3.8) is 0 Å². The molecule has 1 radical (unpaired) electrons. The maximum absolute atomic E-state index is 9.56. The molecule has 0 aromatic heterocycles. The molecule has 2 heteroatoms. The Labute approximate surface area is 75.6 Å². The van der Waals surface area contributed by atoms with Gasteiger partial charge in [-0.25, -0.2) is 0 Å². The van der Waals surface area contributed by atoms with E-state index >= 15 is 0 Å². The molecule has 0 saturated carbocycles. The van der Waals surface area contributed by atoms with Gasteiger partial charge in [0.05, 0.1) is 12.2 Å². The van der Waals surface area contributed by atoms with Gasteiger partial charge in [0.15, 0.2) is 0 Å². The molecule has 73 valence electrons. The van der Waals surface area contributed by atoms with Crippen molar-refractivity contribution in [3.05, 3.63) is 6.92 Å². The molecule has 12 heavy (non-hydrogen) atoms. The molecule has 0 aliphatic carbocycles. The molecule has 0 aromatic rings. The highest BCUT2D eigenvalue weighted by molar-refractivity contribution is 4.75. The monoisotopic (exact) mass is 173 g/mol. The summed E-state index contributed by atoms with van der Waals surface area (Å²) in [5.74, 6) is 0.0116. The number of aliphatic hydroxyl groups is 2. The highest BCUT2D eigenvalue weighted by atomic mass is 16.3. The molecular formula is C10H21O2. The van der Waals surface area contributed by atoms with E-state index in [4.69, 9.17) is 0 Å². The van der Waals surface area contributed by atoms with Crippen molar-refractivity contribution in [1.82, 2.24) is 0 Å². The highest BCUT2D eigenvalue weighted by Crippen LogP contribution is 2.20. The minimum atomic E-state index is -0.445. The van der Waals surface area contributed by atoms with Crippen LogP contribution >= 0.6 is 0 Å². The molecule has 2 nitrogen and oxygen atoms in total. The first-order chi connectivity index (χ1) is 5.67. The van der Waals surface area contributed by atoms with Crippen LogP contribution in [0.4, 0.5) is 0 Å². The van der Waals surface area contributed by atoms with E-state index in [-0.39, 0.29) is 12.0 Å². The first-order valence-electron chi connectivity index (χ1n) is 4.82.